The predicted molar refractivity (Wildman–Crippen MR) is 267 cm³/mol. The lowest BCUT2D eigenvalue weighted by Gasteiger charge is -2.62. The number of benzene rings is 2. The minimum atomic E-state index is -2.59. The summed E-state index contributed by atoms with van der Waals surface area (Å²) in [6, 6.07) is 22.3. The Hall–Kier alpha value is -2.56. The van der Waals surface area contributed by atoms with E-state index < -0.39 is 8.32 Å². The summed E-state index contributed by atoms with van der Waals surface area (Å²) in [5.41, 5.74) is 0.768. The van der Waals surface area contributed by atoms with Crippen LogP contribution in [-0.4, -0.2) is 114 Å². The first-order valence-corrected chi connectivity index (χ1v) is 27.8. The quantitative estimate of drug-likeness (QED) is 0.146. The van der Waals surface area contributed by atoms with E-state index in [1.165, 1.54) is 68.2 Å². The Morgan fingerprint density at radius 1 is 0.781 bits per heavy atom. The van der Waals surface area contributed by atoms with Crippen molar-refractivity contribution < 1.29 is 14.0 Å². The molecule has 356 valence electrons. The van der Waals surface area contributed by atoms with Gasteiger partial charge < -0.3 is 29.8 Å². The highest BCUT2D eigenvalue weighted by atomic mass is 28.4. The van der Waals surface area contributed by atoms with Crippen LogP contribution in [0.3, 0.4) is 0 Å². The predicted octanol–water partition coefficient (Wildman–Crippen LogP) is 8.59. The van der Waals surface area contributed by atoms with Crippen molar-refractivity contribution in [3.8, 4) is 0 Å². The number of hydrogen-bond acceptors (Lipinski definition) is 6. The molecule has 9 heteroatoms. The summed E-state index contributed by atoms with van der Waals surface area (Å²) in [6.07, 6.45) is 16.2. The molecule has 11 atom stereocenters. The number of hydrogen-bond donors (Lipinski definition) is 2. The van der Waals surface area contributed by atoms with Gasteiger partial charge in [-0.2, -0.15) is 0 Å². The number of nitrogens with zero attached hydrogens (tertiary/aromatic N) is 3. The van der Waals surface area contributed by atoms with Crippen LogP contribution in [0, 0.1) is 46.3 Å². The molecule has 0 radical (unpaired) electrons. The first kappa shape index (κ1) is 49.3. The molecule has 4 saturated carbocycles. The van der Waals surface area contributed by atoms with Crippen LogP contribution in [0.25, 0.3) is 0 Å². The molecule has 5 fully saturated rings. The molecule has 7 rings (SSSR count). The van der Waals surface area contributed by atoms with Gasteiger partial charge in [0.15, 0.2) is 0 Å². The van der Waals surface area contributed by atoms with Gasteiger partial charge in [0, 0.05) is 38.2 Å². The van der Waals surface area contributed by atoms with Crippen LogP contribution in [-0.2, 0) is 14.0 Å². The maximum absolute atomic E-state index is 13.7. The fourth-order valence-electron chi connectivity index (χ4n) is 14.8. The van der Waals surface area contributed by atoms with Crippen LogP contribution in [0.1, 0.15) is 131 Å². The standard InChI is InChI=1S/C55H89N5O3Si/c1-40(23-28-51(61)57-42-38-50(56-39-42)52(62)60(35-17-33-58(7)8)36-18-34-59(9)10)47-26-27-48-46-25-24-41-37-43(29-31-54(41,5)49(46)30-32-55(47,48)6)63-64(53(2,3)4,44-19-13-11-14-20-44)45-21-15-12-16-22-45/h11-16,19-22,40-43,46-50,56H,17-18,23-39H2,1-10H3,(H,57,61)/t40-,41?,42?,43-,46?,47-,48?,49?,50+,54+,55-/m1/s1. The molecule has 0 aromatic heterocycles. The van der Waals surface area contributed by atoms with Crippen molar-refractivity contribution in [1.29, 1.82) is 0 Å². The second-order valence-corrected chi connectivity index (χ2v) is 27.9. The summed E-state index contributed by atoms with van der Waals surface area (Å²) in [7, 11) is 5.76. The lowest BCUT2D eigenvalue weighted by atomic mass is 9.44. The molecule has 4 aliphatic carbocycles. The van der Waals surface area contributed by atoms with E-state index in [1.807, 2.05) is 0 Å². The van der Waals surface area contributed by atoms with Crippen LogP contribution in [0.2, 0.25) is 5.04 Å². The van der Waals surface area contributed by atoms with Crippen molar-refractivity contribution in [2.24, 2.45) is 46.3 Å². The topological polar surface area (TPSA) is 77.2 Å². The van der Waals surface area contributed by atoms with E-state index in [4.69, 9.17) is 4.43 Å². The van der Waals surface area contributed by atoms with E-state index in [2.05, 4.69) is 156 Å². The summed E-state index contributed by atoms with van der Waals surface area (Å²) in [5, 5.41) is 9.62. The minimum Gasteiger partial charge on any atom is -0.404 e. The van der Waals surface area contributed by atoms with Crippen molar-refractivity contribution in [2.75, 3.05) is 60.9 Å². The Labute approximate surface area is 390 Å². The summed E-state index contributed by atoms with van der Waals surface area (Å²) in [4.78, 5) is 33.6. The number of nitrogens with one attached hydrogen (secondary N) is 2. The molecule has 0 bridgehead atoms. The van der Waals surface area contributed by atoms with Gasteiger partial charge in [0.1, 0.15) is 0 Å². The monoisotopic (exact) mass is 896 g/mol. The van der Waals surface area contributed by atoms with Gasteiger partial charge in [-0.25, -0.2) is 0 Å². The van der Waals surface area contributed by atoms with Crippen LogP contribution in [0.4, 0.5) is 0 Å². The van der Waals surface area contributed by atoms with Crippen LogP contribution in [0.15, 0.2) is 60.7 Å². The van der Waals surface area contributed by atoms with Crippen LogP contribution in [0.5, 0.6) is 0 Å². The molecular formula is C55H89N5O3Si. The largest absolute Gasteiger partial charge is 0.404 e. The zero-order chi connectivity index (χ0) is 45.9. The average molecular weight is 896 g/mol. The Balaban J connectivity index is 0.920. The number of amides is 2. The van der Waals surface area contributed by atoms with Crippen molar-refractivity contribution in [1.82, 2.24) is 25.3 Å². The van der Waals surface area contributed by atoms with Gasteiger partial charge in [-0.1, -0.05) is 102 Å². The summed E-state index contributed by atoms with van der Waals surface area (Å²) in [5.74, 6) is 4.76. The number of rotatable bonds is 18. The molecule has 5 aliphatic rings. The highest BCUT2D eigenvalue weighted by Crippen LogP contribution is 2.68. The third-order valence-electron chi connectivity index (χ3n) is 18.1. The molecule has 2 amide bonds. The maximum atomic E-state index is 13.7. The Kier molecular flexibility index (Phi) is 16.0. The second kappa shape index (κ2) is 20.8. The number of fused-ring (bicyclic) bond motifs is 5. The van der Waals surface area contributed by atoms with E-state index in [9.17, 15) is 9.59 Å². The highest BCUT2D eigenvalue weighted by molar-refractivity contribution is 6.99. The number of carbonyl (C=O) groups is 2. The van der Waals surface area contributed by atoms with E-state index in [1.54, 1.807) is 0 Å². The molecule has 2 N–H and O–H groups in total. The fourth-order valence-corrected chi connectivity index (χ4v) is 19.6. The van der Waals surface area contributed by atoms with Crippen LogP contribution >= 0.6 is 0 Å². The van der Waals surface area contributed by atoms with Crippen LogP contribution < -0.4 is 21.0 Å². The summed E-state index contributed by atoms with van der Waals surface area (Å²) in [6.45, 7) is 19.3. The van der Waals surface area contributed by atoms with E-state index in [0.717, 1.165) is 69.1 Å². The van der Waals surface area contributed by atoms with Gasteiger partial charge in [-0.3, -0.25) is 9.59 Å². The summed E-state index contributed by atoms with van der Waals surface area (Å²) < 4.78 is 7.80. The Morgan fingerprint density at radius 3 is 1.97 bits per heavy atom. The highest BCUT2D eigenvalue weighted by Gasteiger charge is 2.61. The molecule has 0 spiro atoms. The van der Waals surface area contributed by atoms with Crippen molar-refractivity contribution >= 4 is 30.5 Å². The molecule has 2 aromatic rings. The fraction of sp³-hybridized carbons (Fsp3) is 0.745. The second-order valence-electron chi connectivity index (χ2n) is 23.7. The molecule has 5 unspecified atom stereocenters. The zero-order valence-corrected chi connectivity index (χ0v) is 43.0. The van der Waals surface area contributed by atoms with E-state index in [0.29, 0.717) is 48.2 Å². The third-order valence-corrected chi connectivity index (χ3v) is 23.2. The molecule has 1 aliphatic heterocycles. The Bertz CT molecular complexity index is 1770. The molecule has 64 heavy (non-hydrogen) atoms. The first-order valence-electron chi connectivity index (χ1n) is 25.9. The molecular weight excluding hydrogens is 807 g/mol. The van der Waals surface area contributed by atoms with E-state index in [-0.39, 0.29) is 28.9 Å². The average Bonchev–Trinajstić information content (AvgIpc) is 3.88. The van der Waals surface area contributed by atoms with Gasteiger partial charge in [-0.15, -0.1) is 0 Å². The van der Waals surface area contributed by atoms with Crippen molar-refractivity contribution in [3.05, 3.63) is 60.7 Å². The Morgan fingerprint density at radius 2 is 1.38 bits per heavy atom. The zero-order valence-electron chi connectivity index (χ0n) is 42.0. The SMILES string of the molecule is C[C@H](CCC(=O)NC1CN[C@H](C(=O)N(CCCN(C)C)CCCN(C)C)C1)[C@H]1CCC2C3CCC4C[C@H](O[Si](c5ccccc5)(c5ccccc5)C(C)(C)C)CC[C@]4(C)C3CC[C@@]21C. The van der Waals surface area contributed by atoms with Gasteiger partial charge in [0.25, 0.3) is 8.32 Å². The molecule has 8 nitrogen and oxygen atoms in total. The van der Waals surface area contributed by atoms with Crippen molar-refractivity contribution in [2.45, 2.75) is 155 Å². The lowest BCUT2D eigenvalue weighted by molar-refractivity contribution is -0.133. The lowest BCUT2D eigenvalue weighted by Crippen LogP contribution is -2.68. The smallest absolute Gasteiger partial charge is 0.261 e. The molecule has 1 heterocycles. The van der Waals surface area contributed by atoms with Gasteiger partial charge in [0.2, 0.25) is 11.8 Å². The van der Waals surface area contributed by atoms with Gasteiger partial charge in [-0.05, 0) is 187 Å². The third kappa shape index (κ3) is 10.4. The molecule has 1 saturated heterocycles. The van der Waals surface area contributed by atoms with Gasteiger partial charge >= 0.3 is 0 Å². The number of carbonyl (C=O) groups excluding carboxylic acids is 2. The van der Waals surface area contributed by atoms with E-state index >= 15 is 0 Å². The molecule has 2 aromatic carbocycles. The summed E-state index contributed by atoms with van der Waals surface area (Å²) >= 11 is 0. The van der Waals surface area contributed by atoms with Crippen molar-refractivity contribution in [3.63, 3.8) is 0 Å². The maximum Gasteiger partial charge on any atom is 0.261 e. The minimum absolute atomic E-state index is 0.000242. The van der Waals surface area contributed by atoms with Gasteiger partial charge in [0.05, 0.1) is 6.04 Å². The first-order chi connectivity index (χ1) is 30.5. The normalized spacial score (nSPS) is 32.2.